The van der Waals surface area contributed by atoms with Gasteiger partial charge in [0, 0.05) is 55.7 Å². The Morgan fingerprint density at radius 1 is 1.08 bits per heavy atom. The average Bonchev–Trinajstić information content (AvgIpc) is 3.59. The van der Waals surface area contributed by atoms with Gasteiger partial charge < -0.3 is 15.1 Å². The van der Waals surface area contributed by atoms with Crippen LogP contribution in [-0.2, 0) is 0 Å². The molecular formula is C28H33N7O. The number of aromatic amines is 1. The number of amides is 1. The maximum Gasteiger partial charge on any atom is 0.276 e. The Balaban J connectivity index is 1.38. The number of nitrogens with zero attached hydrogens (tertiary/aromatic N) is 5. The van der Waals surface area contributed by atoms with Crippen molar-refractivity contribution in [3.8, 4) is 0 Å². The minimum atomic E-state index is -0.246. The fourth-order valence-corrected chi connectivity index (χ4v) is 5.00. The largest absolute Gasteiger partial charge is 0.370 e. The van der Waals surface area contributed by atoms with Crippen LogP contribution in [0, 0.1) is 0 Å². The van der Waals surface area contributed by atoms with Crippen LogP contribution in [0.25, 0.3) is 16.5 Å². The van der Waals surface area contributed by atoms with E-state index in [2.05, 4.69) is 55.0 Å². The van der Waals surface area contributed by atoms with E-state index in [4.69, 9.17) is 0 Å². The number of likely N-dealkylation sites (tertiary alicyclic amines) is 1. The van der Waals surface area contributed by atoms with E-state index in [0.29, 0.717) is 5.69 Å². The summed E-state index contributed by atoms with van der Waals surface area (Å²) in [5, 5.41) is 11.1. The van der Waals surface area contributed by atoms with Crippen LogP contribution in [0.2, 0.25) is 0 Å². The fraction of sp³-hybridized carbons (Fsp3) is 0.357. The van der Waals surface area contributed by atoms with Crippen molar-refractivity contribution in [3.63, 3.8) is 0 Å². The van der Waals surface area contributed by atoms with Gasteiger partial charge in [0.2, 0.25) is 0 Å². The third kappa shape index (κ3) is 5.17. The Labute approximate surface area is 211 Å². The predicted octanol–water partition coefficient (Wildman–Crippen LogP) is 5.24. The molecule has 0 bridgehead atoms. The molecule has 8 nitrogen and oxygen atoms in total. The Morgan fingerprint density at radius 3 is 2.64 bits per heavy atom. The predicted molar refractivity (Wildman–Crippen MR) is 146 cm³/mol. The van der Waals surface area contributed by atoms with Crippen molar-refractivity contribution in [2.75, 3.05) is 36.4 Å². The minimum absolute atomic E-state index is 0.246. The first kappa shape index (κ1) is 23.8. The number of carbonyl (C=O) groups excluding carboxylic acids is 1. The number of piperidine rings is 1. The normalized spacial score (nSPS) is 17.0. The number of fused-ring (bicyclic) bond motifs is 1. The second-order valence-electron chi connectivity index (χ2n) is 9.50. The van der Waals surface area contributed by atoms with Crippen molar-refractivity contribution in [2.45, 2.75) is 39.0 Å². The number of hydrogen-bond donors (Lipinski definition) is 2. The number of carbonyl (C=O) groups is 1. The quantitative estimate of drug-likeness (QED) is 0.354. The minimum Gasteiger partial charge on any atom is -0.370 e. The van der Waals surface area contributed by atoms with Gasteiger partial charge in [-0.2, -0.15) is 5.10 Å². The molecule has 0 radical (unpaired) electrons. The molecule has 36 heavy (non-hydrogen) atoms. The summed E-state index contributed by atoms with van der Waals surface area (Å²) in [6, 6.07) is 9.80. The van der Waals surface area contributed by atoms with Gasteiger partial charge in [0.15, 0.2) is 5.69 Å². The van der Waals surface area contributed by atoms with Crippen LogP contribution in [0.15, 0.2) is 59.5 Å². The van der Waals surface area contributed by atoms with Gasteiger partial charge in [-0.3, -0.25) is 14.9 Å². The molecule has 186 valence electrons. The molecule has 1 amide bonds. The highest BCUT2D eigenvalue weighted by molar-refractivity contribution is 6.11. The van der Waals surface area contributed by atoms with Crippen LogP contribution < -0.4 is 10.2 Å². The van der Waals surface area contributed by atoms with Crippen molar-refractivity contribution < 1.29 is 4.79 Å². The second kappa shape index (κ2) is 10.8. The highest BCUT2D eigenvalue weighted by Gasteiger charge is 2.18. The lowest BCUT2D eigenvalue weighted by Crippen LogP contribution is -2.30. The number of benzene rings is 1. The van der Waals surface area contributed by atoms with Gasteiger partial charge in [-0.25, -0.2) is 4.98 Å². The first-order chi connectivity index (χ1) is 17.6. The van der Waals surface area contributed by atoms with Crippen molar-refractivity contribution >= 4 is 40.6 Å². The molecule has 0 saturated carbocycles. The molecule has 8 heteroatoms. The van der Waals surface area contributed by atoms with E-state index in [-0.39, 0.29) is 5.91 Å². The Morgan fingerprint density at radius 2 is 1.86 bits per heavy atom. The lowest BCUT2D eigenvalue weighted by Gasteiger charge is -2.27. The van der Waals surface area contributed by atoms with Crippen molar-refractivity contribution in [1.29, 1.82) is 0 Å². The molecule has 0 aliphatic carbocycles. The first-order valence-electron chi connectivity index (χ1n) is 12.7. The number of aromatic nitrogens is 3. The molecule has 2 aliphatic rings. The zero-order valence-corrected chi connectivity index (χ0v) is 20.8. The number of rotatable bonds is 7. The lowest BCUT2D eigenvalue weighted by molar-refractivity contribution is 0.102. The number of pyridine rings is 1. The molecular weight excluding hydrogens is 450 g/mol. The van der Waals surface area contributed by atoms with Crippen LogP contribution in [-0.4, -0.2) is 58.9 Å². The van der Waals surface area contributed by atoms with Crippen LogP contribution in [0.3, 0.4) is 0 Å². The van der Waals surface area contributed by atoms with Crippen molar-refractivity contribution in [2.24, 2.45) is 4.99 Å². The van der Waals surface area contributed by atoms with Crippen LogP contribution in [0.1, 0.15) is 55.1 Å². The third-order valence-corrected chi connectivity index (χ3v) is 6.98. The van der Waals surface area contributed by atoms with E-state index in [0.717, 1.165) is 65.4 Å². The molecule has 0 atom stereocenters. The molecule has 3 aromatic rings. The number of allylic oxidation sites excluding steroid dienone is 2. The summed E-state index contributed by atoms with van der Waals surface area (Å²) in [5.74, 6) is 0.655. The Bertz CT molecular complexity index is 1310. The summed E-state index contributed by atoms with van der Waals surface area (Å²) in [6.07, 6.45) is 11.7. The highest BCUT2D eigenvalue weighted by atomic mass is 16.1. The summed E-state index contributed by atoms with van der Waals surface area (Å²) in [5.41, 5.74) is 5.10. The van der Waals surface area contributed by atoms with Crippen molar-refractivity contribution in [1.82, 2.24) is 20.1 Å². The van der Waals surface area contributed by atoms with Crippen LogP contribution in [0.5, 0.6) is 0 Å². The van der Waals surface area contributed by atoms with Gasteiger partial charge in [-0.15, -0.1) is 0 Å². The maximum absolute atomic E-state index is 13.2. The van der Waals surface area contributed by atoms with E-state index >= 15 is 0 Å². The molecule has 1 aromatic carbocycles. The van der Waals surface area contributed by atoms with E-state index < -0.39 is 0 Å². The molecule has 4 heterocycles. The molecule has 2 saturated heterocycles. The molecule has 2 aliphatic heterocycles. The monoisotopic (exact) mass is 483 g/mol. The zero-order chi connectivity index (χ0) is 24.9. The third-order valence-electron chi connectivity index (χ3n) is 6.98. The van der Waals surface area contributed by atoms with Gasteiger partial charge in [-0.1, -0.05) is 6.07 Å². The average molecular weight is 484 g/mol. The summed E-state index contributed by atoms with van der Waals surface area (Å²) in [6.45, 7) is 9.78. The molecule has 5 rings (SSSR count). The number of hydrogen-bond acceptors (Lipinski definition) is 6. The summed E-state index contributed by atoms with van der Waals surface area (Å²) >= 11 is 0. The van der Waals surface area contributed by atoms with Gasteiger partial charge in [0.25, 0.3) is 5.91 Å². The molecule has 2 fully saturated rings. The second-order valence-corrected chi connectivity index (χ2v) is 9.50. The highest BCUT2D eigenvalue weighted by Crippen LogP contribution is 2.26. The number of H-pyrrole nitrogens is 1. The topological polar surface area (TPSA) is 89.5 Å². The first-order valence-corrected chi connectivity index (χ1v) is 12.7. The van der Waals surface area contributed by atoms with E-state index in [9.17, 15) is 4.79 Å². The fourth-order valence-electron chi connectivity index (χ4n) is 5.00. The number of nitrogens with one attached hydrogen (secondary N) is 2. The van der Waals surface area contributed by atoms with Crippen LogP contribution in [0.4, 0.5) is 11.5 Å². The molecule has 2 N–H and O–H groups in total. The van der Waals surface area contributed by atoms with Gasteiger partial charge >= 0.3 is 0 Å². The Kier molecular flexibility index (Phi) is 7.11. The van der Waals surface area contributed by atoms with Crippen molar-refractivity contribution in [3.05, 3.63) is 65.8 Å². The van der Waals surface area contributed by atoms with Gasteiger partial charge in [-0.05, 0) is 81.2 Å². The van der Waals surface area contributed by atoms with Crippen LogP contribution >= 0.6 is 0 Å². The lowest BCUT2D eigenvalue weighted by atomic mass is 10.0. The standard InChI is InChI=1S/C28H33N7O/c1-20(16-23(19-29-2)34-12-6-7-13-34)21-8-9-25-24(17-21)27(33-32-25)28(36)31-22-10-11-30-26(18-22)35-14-4-3-5-15-35/h8-11,16-19H,2-7,12-15H2,1H3,(H,32,33)(H,30,31,36)/b20-16+,23-19+. The van der Waals surface area contributed by atoms with E-state index in [1.165, 1.54) is 32.1 Å². The summed E-state index contributed by atoms with van der Waals surface area (Å²) in [4.78, 5) is 26.3. The number of aliphatic imine (C=N–C) groups is 1. The smallest absolute Gasteiger partial charge is 0.276 e. The van der Waals surface area contributed by atoms with Gasteiger partial charge in [0.1, 0.15) is 5.82 Å². The van der Waals surface area contributed by atoms with Gasteiger partial charge in [0.05, 0.1) is 11.2 Å². The zero-order valence-electron chi connectivity index (χ0n) is 20.8. The maximum atomic E-state index is 13.2. The SMILES string of the molecule is C=N/C=C(\C=C(/C)c1ccc2[nH]nc(C(=O)Nc3ccnc(N4CCCCC4)c3)c2c1)N1CCCC1. The Hall–Kier alpha value is -3.94. The summed E-state index contributed by atoms with van der Waals surface area (Å²) in [7, 11) is 0. The molecule has 0 spiro atoms. The molecule has 2 aromatic heterocycles. The summed E-state index contributed by atoms with van der Waals surface area (Å²) < 4.78 is 0. The number of anilines is 2. The van der Waals surface area contributed by atoms with E-state index in [1.54, 1.807) is 6.20 Å². The van der Waals surface area contributed by atoms with E-state index in [1.807, 2.05) is 36.5 Å². The molecule has 0 unspecified atom stereocenters.